The number of furan rings is 1. The number of thioether (sulfide) groups is 1. The van der Waals surface area contributed by atoms with E-state index >= 15 is 0 Å². The van der Waals surface area contributed by atoms with E-state index in [2.05, 4.69) is 10.2 Å². The minimum atomic E-state index is -0.0770. The van der Waals surface area contributed by atoms with E-state index < -0.39 is 0 Å². The van der Waals surface area contributed by atoms with Crippen LogP contribution in [0.1, 0.15) is 18.1 Å². The van der Waals surface area contributed by atoms with Gasteiger partial charge in [-0.1, -0.05) is 60.3 Å². The fourth-order valence-corrected chi connectivity index (χ4v) is 5.36. The molecule has 38 heavy (non-hydrogen) atoms. The lowest BCUT2D eigenvalue weighted by Gasteiger charge is -2.39. The predicted octanol–water partition coefficient (Wildman–Crippen LogP) is 4.70. The Labute approximate surface area is 226 Å². The summed E-state index contributed by atoms with van der Waals surface area (Å²) in [4.78, 5) is 29.6. The zero-order valence-electron chi connectivity index (χ0n) is 21.4. The third-order valence-electron chi connectivity index (χ3n) is 6.54. The maximum absolute atomic E-state index is 13.2. The lowest BCUT2D eigenvalue weighted by molar-refractivity contribution is -0.138. The molecule has 1 unspecified atom stereocenters. The third-order valence-corrected chi connectivity index (χ3v) is 7.45. The monoisotopic (exact) mass is 527 g/mol. The van der Waals surface area contributed by atoms with Crippen LogP contribution < -0.4 is 0 Å². The van der Waals surface area contributed by atoms with Gasteiger partial charge in [0.25, 0.3) is 0 Å². The SMILES string of the molecule is Cc1ccccc1-n1c(SCC(=O)N2CCN(C(=O)C=Cc3ccccc3)C(C)C2)nnc1-c1ccco1. The van der Waals surface area contributed by atoms with Gasteiger partial charge in [0.1, 0.15) is 0 Å². The summed E-state index contributed by atoms with van der Waals surface area (Å²) in [6.07, 6.45) is 5.03. The van der Waals surface area contributed by atoms with Gasteiger partial charge in [0.15, 0.2) is 10.9 Å². The Hall–Kier alpha value is -4.11. The first-order valence-corrected chi connectivity index (χ1v) is 13.5. The predicted molar refractivity (Wildman–Crippen MR) is 148 cm³/mol. The zero-order valence-corrected chi connectivity index (χ0v) is 22.2. The molecular weight excluding hydrogens is 498 g/mol. The van der Waals surface area contributed by atoms with Crippen molar-refractivity contribution in [1.82, 2.24) is 24.6 Å². The van der Waals surface area contributed by atoms with Crippen LogP contribution in [-0.4, -0.2) is 67.8 Å². The second-order valence-electron chi connectivity index (χ2n) is 9.16. The number of amides is 2. The third kappa shape index (κ3) is 5.57. The standard InChI is InChI=1S/C29H29N5O3S/c1-21-9-6-7-12-24(21)34-28(25-13-8-18-37-25)30-31-29(34)38-20-27(36)32-16-17-33(22(2)19-32)26(35)15-14-23-10-4-3-5-11-23/h3-15,18,22H,16-17,19-20H2,1-2H3. The molecule has 2 aromatic carbocycles. The van der Waals surface area contributed by atoms with Crippen LogP contribution in [0.5, 0.6) is 0 Å². The average Bonchev–Trinajstić information content (AvgIpc) is 3.61. The van der Waals surface area contributed by atoms with Gasteiger partial charge < -0.3 is 14.2 Å². The highest BCUT2D eigenvalue weighted by Crippen LogP contribution is 2.30. The molecule has 2 aromatic heterocycles. The van der Waals surface area contributed by atoms with Crippen molar-refractivity contribution in [2.24, 2.45) is 0 Å². The molecule has 0 bridgehead atoms. The second-order valence-corrected chi connectivity index (χ2v) is 10.1. The smallest absolute Gasteiger partial charge is 0.246 e. The summed E-state index contributed by atoms with van der Waals surface area (Å²) in [6, 6.07) is 21.3. The van der Waals surface area contributed by atoms with Gasteiger partial charge in [-0.3, -0.25) is 14.2 Å². The van der Waals surface area contributed by atoms with E-state index in [4.69, 9.17) is 4.42 Å². The van der Waals surface area contributed by atoms with Crippen molar-refractivity contribution in [3.8, 4) is 17.3 Å². The van der Waals surface area contributed by atoms with Crippen LogP contribution >= 0.6 is 11.8 Å². The molecule has 1 aliphatic heterocycles. The van der Waals surface area contributed by atoms with E-state index in [0.717, 1.165) is 16.8 Å². The molecule has 1 aliphatic rings. The fourth-order valence-electron chi connectivity index (χ4n) is 4.52. The molecule has 194 valence electrons. The van der Waals surface area contributed by atoms with Crippen LogP contribution in [0.25, 0.3) is 23.3 Å². The quantitative estimate of drug-likeness (QED) is 0.256. The van der Waals surface area contributed by atoms with Crippen LogP contribution in [0.4, 0.5) is 0 Å². The summed E-state index contributed by atoms with van der Waals surface area (Å²) in [5.41, 5.74) is 2.97. The van der Waals surface area contributed by atoms with E-state index in [0.29, 0.717) is 36.4 Å². The van der Waals surface area contributed by atoms with Gasteiger partial charge in [-0.05, 0) is 49.2 Å². The van der Waals surface area contributed by atoms with Crippen molar-refractivity contribution in [2.45, 2.75) is 25.0 Å². The molecule has 0 spiro atoms. The Bertz CT molecular complexity index is 1430. The highest BCUT2D eigenvalue weighted by Gasteiger charge is 2.29. The molecule has 0 saturated carbocycles. The topological polar surface area (TPSA) is 84.5 Å². The van der Waals surface area contributed by atoms with Crippen molar-refractivity contribution < 1.29 is 14.0 Å². The molecule has 3 heterocycles. The van der Waals surface area contributed by atoms with E-state index in [1.54, 1.807) is 12.3 Å². The number of para-hydroxylation sites is 1. The van der Waals surface area contributed by atoms with Crippen molar-refractivity contribution >= 4 is 29.7 Å². The van der Waals surface area contributed by atoms with Gasteiger partial charge in [-0.15, -0.1) is 10.2 Å². The summed E-state index contributed by atoms with van der Waals surface area (Å²) in [6.45, 7) is 5.49. The van der Waals surface area contributed by atoms with Crippen molar-refractivity contribution in [2.75, 3.05) is 25.4 Å². The Kier molecular flexibility index (Phi) is 7.74. The number of hydrogen-bond donors (Lipinski definition) is 0. The number of hydrogen-bond acceptors (Lipinski definition) is 6. The van der Waals surface area contributed by atoms with E-state index in [1.165, 1.54) is 11.8 Å². The minimum Gasteiger partial charge on any atom is -0.461 e. The van der Waals surface area contributed by atoms with Gasteiger partial charge in [0, 0.05) is 31.8 Å². The first-order chi connectivity index (χ1) is 18.5. The average molecular weight is 528 g/mol. The summed E-state index contributed by atoms with van der Waals surface area (Å²) in [5.74, 6) is 1.38. The van der Waals surface area contributed by atoms with Crippen molar-refractivity contribution in [3.63, 3.8) is 0 Å². The summed E-state index contributed by atoms with van der Waals surface area (Å²) >= 11 is 1.35. The van der Waals surface area contributed by atoms with Gasteiger partial charge in [-0.2, -0.15) is 0 Å². The summed E-state index contributed by atoms with van der Waals surface area (Å²) < 4.78 is 7.53. The molecule has 9 heteroatoms. The van der Waals surface area contributed by atoms with Crippen LogP contribution in [0.3, 0.4) is 0 Å². The molecule has 0 aliphatic carbocycles. The summed E-state index contributed by atoms with van der Waals surface area (Å²) in [5, 5.41) is 9.37. The van der Waals surface area contributed by atoms with Gasteiger partial charge in [0.2, 0.25) is 17.6 Å². The van der Waals surface area contributed by atoms with Crippen LogP contribution in [0.15, 0.2) is 88.6 Å². The first kappa shape index (κ1) is 25.5. The summed E-state index contributed by atoms with van der Waals surface area (Å²) in [7, 11) is 0. The number of benzene rings is 2. The number of aryl methyl sites for hydroxylation is 1. The molecular formula is C29H29N5O3S. The van der Waals surface area contributed by atoms with E-state index in [1.807, 2.05) is 101 Å². The van der Waals surface area contributed by atoms with E-state index in [9.17, 15) is 9.59 Å². The van der Waals surface area contributed by atoms with Crippen molar-refractivity contribution in [1.29, 1.82) is 0 Å². The Morgan fingerprint density at radius 3 is 2.55 bits per heavy atom. The van der Waals surface area contributed by atoms with Gasteiger partial charge in [-0.25, -0.2) is 0 Å². The highest BCUT2D eigenvalue weighted by molar-refractivity contribution is 7.99. The number of carbonyl (C=O) groups excluding carboxylic acids is 2. The van der Waals surface area contributed by atoms with Crippen LogP contribution in [0, 0.1) is 6.92 Å². The maximum Gasteiger partial charge on any atom is 0.246 e. The fraction of sp³-hybridized carbons (Fsp3) is 0.241. The van der Waals surface area contributed by atoms with Crippen LogP contribution in [-0.2, 0) is 9.59 Å². The maximum atomic E-state index is 13.2. The lowest BCUT2D eigenvalue weighted by atomic mass is 10.1. The van der Waals surface area contributed by atoms with Crippen molar-refractivity contribution in [3.05, 3.63) is 90.2 Å². The molecule has 0 N–H and O–H groups in total. The number of aromatic nitrogens is 3. The molecule has 5 rings (SSSR count). The molecule has 0 radical (unpaired) electrons. The van der Waals surface area contributed by atoms with Crippen LogP contribution in [0.2, 0.25) is 0 Å². The minimum absolute atomic E-state index is 0.00709. The second kappa shape index (κ2) is 11.5. The molecule has 4 aromatic rings. The highest BCUT2D eigenvalue weighted by atomic mass is 32.2. The zero-order chi connectivity index (χ0) is 26.5. The van der Waals surface area contributed by atoms with E-state index in [-0.39, 0.29) is 23.6 Å². The largest absolute Gasteiger partial charge is 0.461 e. The van der Waals surface area contributed by atoms with Gasteiger partial charge in [0.05, 0.1) is 17.7 Å². The molecule has 1 atom stereocenters. The Balaban J connectivity index is 1.24. The molecule has 8 nitrogen and oxygen atoms in total. The molecule has 1 fully saturated rings. The lowest BCUT2D eigenvalue weighted by Crippen LogP contribution is -2.55. The number of nitrogens with zero attached hydrogens (tertiary/aromatic N) is 5. The Morgan fingerprint density at radius 1 is 1.03 bits per heavy atom. The van der Waals surface area contributed by atoms with Gasteiger partial charge >= 0.3 is 0 Å². The number of piperazine rings is 1. The normalized spacial score (nSPS) is 15.8. The first-order valence-electron chi connectivity index (χ1n) is 12.5. The Morgan fingerprint density at radius 2 is 1.82 bits per heavy atom. The molecule has 2 amide bonds. The molecule has 1 saturated heterocycles. The number of rotatable bonds is 7. The number of carbonyl (C=O) groups is 2.